The summed E-state index contributed by atoms with van der Waals surface area (Å²) < 4.78 is 64.1. The molecule has 1 amide bonds. The fourth-order valence-electron chi connectivity index (χ4n) is 3.13. The molecule has 1 atom stereocenters. The van der Waals surface area contributed by atoms with Gasteiger partial charge in [-0.3, -0.25) is 14.6 Å². The summed E-state index contributed by atoms with van der Waals surface area (Å²) in [5.74, 6) is -0.677. The van der Waals surface area contributed by atoms with Crippen LogP contribution in [0.2, 0.25) is 0 Å². The molecule has 1 aliphatic rings. The lowest BCUT2D eigenvalue weighted by molar-refractivity contribution is -0.137. The second-order valence-electron chi connectivity index (χ2n) is 7.64. The molecule has 4 N–H and O–H groups in total. The first-order chi connectivity index (χ1) is 15.7. The number of sulfonamides is 1. The highest BCUT2D eigenvalue weighted by molar-refractivity contribution is 7.89. The quantitative estimate of drug-likeness (QED) is 0.509. The molecule has 14 heteroatoms. The number of hydrogen-bond donors (Lipinski definition) is 3. The number of anilines is 1. The van der Waals surface area contributed by atoms with Gasteiger partial charge < -0.3 is 16.0 Å². The molecular weight excluding hydrogens is 477 g/mol. The molecule has 34 heavy (non-hydrogen) atoms. The molecule has 1 aromatic carbocycles. The summed E-state index contributed by atoms with van der Waals surface area (Å²) in [6.45, 7) is 1.79. The Morgan fingerprint density at radius 2 is 1.94 bits per heavy atom. The van der Waals surface area contributed by atoms with Gasteiger partial charge in [0.2, 0.25) is 16.0 Å². The summed E-state index contributed by atoms with van der Waals surface area (Å²) >= 11 is 0. The third-order valence-electron chi connectivity index (χ3n) is 4.88. The first kappa shape index (κ1) is 25.0. The Labute approximate surface area is 192 Å². The van der Waals surface area contributed by atoms with Crippen molar-refractivity contribution in [3.63, 3.8) is 0 Å². The van der Waals surface area contributed by atoms with Crippen LogP contribution in [0.4, 0.5) is 19.1 Å². The number of amides is 1. The van der Waals surface area contributed by atoms with E-state index in [-0.39, 0.29) is 24.7 Å². The van der Waals surface area contributed by atoms with E-state index >= 15 is 0 Å². The van der Waals surface area contributed by atoms with E-state index in [0.717, 1.165) is 30.7 Å². The molecule has 3 rings (SSSR count). The van der Waals surface area contributed by atoms with Crippen LogP contribution in [0.15, 0.2) is 50.8 Å². The van der Waals surface area contributed by atoms with Gasteiger partial charge in [0.05, 0.1) is 24.4 Å². The van der Waals surface area contributed by atoms with Crippen LogP contribution >= 0.6 is 0 Å². The van der Waals surface area contributed by atoms with Gasteiger partial charge in [0.1, 0.15) is 5.69 Å². The average molecular weight is 498 g/mol. The number of nitrogens with one attached hydrogen (secondary N) is 2. The number of H-pyrrole nitrogens is 1. The van der Waals surface area contributed by atoms with E-state index in [1.807, 2.05) is 0 Å². The number of aromatic amines is 1. The van der Waals surface area contributed by atoms with Crippen molar-refractivity contribution in [1.82, 2.24) is 15.3 Å². The number of halogens is 3. The molecule has 0 fully saturated rings. The van der Waals surface area contributed by atoms with E-state index in [2.05, 4.69) is 19.7 Å². The maximum atomic E-state index is 12.7. The molecule has 0 unspecified atom stereocenters. The average Bonchev–Trinajstić information content (AvgIpc) is 3.11. The fourth-order valence-corrected chi connectivity index (χ4v) is 3.45. The van der Waals surface area contributed by atoms with Gasteiger partial charge in [-0.15, -0.1) is 0 Å². The zero-order valence-corrected chi connectivity index (χ0v) is 18.9. The van der Waals surface area contributed by atoms with Crippen molar-refractivity contribution in [3.05, 3.63) is 68.8 Å². The number of aromatic nitrogens is 2. The fraction of sp³-hybridized carbons (Fsp3) is 0.300. The van der Waals surface area contributed by atoms with Crippen molar-refractivity contribution >= 4 is 28.1 Å². The van der Waals surface area contributed by atoms with Crippen LogP contribution < -0.4 is 21.5 Å². The van der Waals surface area contributed by atoms with Crippen molar-refractivity contribution in [3.8, 4) is 0 Å². The highest BCUT2D eigenvalue weighted by Gasteiger charge is 2.30. The van der Waals surface area contributed by atoms with Crippen LogP contribution in [0, 0.1) is 0 Å². The van der Waals surface area contributed by atoms with E-state index < -0.39 is 39.3 Å². The summed E-state index contributed by atoms with van der Waals surface area (Å²) in [5.41, 5.74) is 5.45. The van der Waals surface area contributed by atoms with E-state index in [4.69, 9.17) is 5.73 Å². The van der Waals surface area contributed by atoms with Gasteiger partial charge in [-0.2, -0.15) is 17.6 Å². The molecule has 0 saturated heterocycles. The second-order valence-corrected chi connectivity index (χ2v) is 9.32. The molecule has 0 saturated carbocycles. The van der Waals surface area contributed by atoms with Gasteiger partial charge in [-0.1, -0.05) is 12.1 Å². The molecule has 2 heterocycles. The molecule has 1 aromatic heterocycles. The highest BCUT2D eigenvalue weighted by Crippen LogP contribution is 2.30. The zero-order valence-electron chi connectivity index (χ0n) is 18.0. The van der Waals surface area contributed by atoms with Gasteiger partial charge in [0, 0.05) is 30.1 Å². The van der Waals surface area contributed by atoms with Gasteiger partial charge in [-0.05, 0) is 24.6 Å². The molecule has 0 spiro atoms. The van der Waals surface area contributed by atoms with Crippen LogP contribution in [0.1, 0.15) is 34.6 Å². The van der Waals surface area contributed by atoms with Crippen LogP contribution in [-0.2, 0) is 16.2 Å². The minimum absolute atomic E-state index is 0.0329. The molecule has 0 aliphatic carbocycles. The van der Waals surface area contributed by atoms with Crippen LogP contribution in [0.3, 0.4) is 0 Å². The Bertz CT molecular complexity index is 1320. The first-order valence-corrected chi connectivity index (χ1v) is 11.6. The van der Waals surface area contributed by atoms with Crippen LogP contribution in [-0.4, -0.2) is 49.9 Å². The Hall–Kier alpha value is -3.68. The Balaban J connectivity index is 1.74. The predicted molar refractivity (Wildman–Crippen MR) is 119 cm³/mol. The first-order valence-electron chi connectivity index (χ1n) is 9.80. The number of hydrogen-bond acceptors (Lipinski definition) is 7. The molecule has 10 nitrogen and oxygen atoms in total. The lowest BCUT2D eigenvalue weighted by atomic mass is 10.1. The van der Waals surface area contributed by atoms with E-state index in [1.54, 1.807) is 6.92 Å². The van der Waals surface area contributed by atoms with Crippen molar-refractivity contribution in [2.45, 2.75) is 19.1 Å². The largest absolute Gasteiger partial charge is 0.416 e. The number of nitrogens with zero attached hydrogens (tertiary/aromatic N) is 3. The minimum Gasteiger partial charge on any atom is -0.400 e. The van der Waals surface area contributed by atoms with Gasteiger partial charge in [-0.25, -0.2) is 13.4 Å². The number of carbonyl (C=O) groups excluding carboxylic acids is 1. The lowest BCUT2D eigenvalue weighted by Gasteiger charge is -2.18. The molecule has 1 aliphatic heterocycles. The van der Waals surface area contributed by atoms with Gasteiger partial charge in [0.25, 0.3) is 11.5 Å². The number of rotatable bonds is 6. The lowest BCUT2D eigenvalue weighted by Crippen LogP contribution is -2.31. The number of nitrogens with two attached hydrogens (primary N) is 1. The smallest absolute Gasteiger partial charge is 0.400 e. The summed E-state index contributed by atoms with van der Waals surface area (Å²) in [5, 5.41) is 2.59. The Kier molecular flexibility index (Phi) is 6.82. The summed E-state index contributed by atoms with van der Waals surface area (Å²) in [7, 11) is -3.61. The topological polar surface area (TPSA) is 151 Å². The standard InChI is InChI=1S/C20H21F3N6O4S/c1-11(12-3-5-14(6-4-12)20(21,22)23)26-18(31)16-7-17(30)28-19(27-16)29-9-13(15(24)10-29)8-25-34(2,32)33/h3-8,11H,9-10,24H2,1-2H3,(H,26,31)(H,27,28,30)/b25-8+/t11-/m1/s1. The monoisotopic (exact) mass is 498 g/mol. The second kappa shape index (κ2) is 9.29. The predicted octanol–water partition coefficient (Wildman–Crippen LogP) is 1.34. The summed E-state index contributed by atoms with van der Waals surface area (Å²) in [6.07, 6.45) is -2.43. The molecule has 0 radical (unpaired) electrons. The van der Waals surface area contributed by atoms with Crippen molar-refractivity contribution in [2.24, 2.45) is 10.1 Å². The highest BCUT2D eigenvalue weighted by atomic mass is 32.2. The Morgan fingerprint density at radius 3 is 2.53 bits per heavy atom. The number of alkyl halides is 3. The van der Waals surface area contributed by atoms with Crippen LogP contribution in [0.5, 0.6) is 0 Å². The number of benzene rings is 1. The molecule has 0 bridgehead atoms. The third-order valence-corrected chi connectivity index (χ3v) is 5.37. The molecule has 182 valence electrons. The normalized spacial score (nSPS) is 15.7. The van der Waals surface area contributed by atoms with Gasteiger partial charge in [0.15, 0.2) is 0 Å². The summed E-state index contributed by atoms with van der Waals surface area (Å²) in [4.78, 5) is 33.0. The maximum Gasteiger partial charge on any atom is 0.416 e. The minimum atomic E-state index is -4.47. The zero-order chi connectivity index (χ0) is 25.3. The SMILES string of the molecule is C[C@@H](NC(=O)c1cc(=O)[nH]c(N2CC(N)=C(/C=N/S(C)(=O)=O)C2)n1)c1ccc(C(F)(F)F)cc1. The van der Waals surface area contributed by atoms with E-state index in [9.17, 15) is 31.2 Å². The molecular formula is C20H21F3N6O4S. The van der Waals surface area contributed by atoms with Crippen molar-refractivity contribution < 1.29 is 26.4 Å². The van der Waals surface area contributed by atoms with Crippen LogP contribution in [0.25, 0.3) is 0 Å². The number of carbonyl (C=O) groups is 1. The van der Waals surface area contributed by atoms with Crippen molar-refractivity contribution in [2.75, 3.05) is 24.2 Å². The van der Waals surface area contributed by atoms with E-state index in [1.165, 1.54) is 17.0 Å². The summed E-state index contributed by atoms with van der Waals surface area (Å²) in [6, 6.07) is 4.65. The van der Waals surface area contributed by atoms with Gasteiger partial charge >= 0.3 is 6.18 Å². The third kappa shape index (κ3) is 6.21. The molecule has 2 aromatic rings. The van der Waals surface area contributed by atoms with Crippen molar-refractivity contribution in [1.29, 1.82) is 0 Å². The van der Waals surface area contributed by atoms with E-state index in [0.29, 0.717) is 16.8 Å². The Morgan fingerprint density at radius 1 is 1.29 bits per heavy atom. The maximum absolute atomic E-state index is 12.7.